The van der Waals surface area contributed by atoms with Crippen LogP contribution < -0.4 is 0 Å². The minimum Gasteiger partial charge on any atom is -0.475 e. The quantitative estimate of drug-likeness (QED) is 0.835. The molecule has 3 atom stereocenters. The smallest absolute Gasteiger partial charge is 0.475 e. The van der Waals surface area contributed by atoms with E-state index in [9.17, 15) is 13.2 Å². The van der Waals surface area contributed by atoms with Gasteiger partial charge in [-0.2, -0.15) is 18.2 Å². The molecule has 4 rings (SSSR count). The Morgan fingerprint density at radius 3 is 2.75 bits per heavy atom. The molecule has 0 saturated carbocycles. The lowest BCUT2D eigenvalue weighted by Gasteiger charge is -2.33. The Morgan fingerprint density at radius 2 is 2.18 bits per heavy atom. The Kier molecular flexibility index (Phi) is 6.04. The molecule has 2 aliphatic rings. The molecule has 28 heavy (non-hydrogen) atoms. The van der Waals surface area contributed by atoms with Gasteiger partial charge in [0.25, 0.3) is 5.89 Å². The van der Waals surface area contributed by atoms with Gasteiger partial charge in [-0.05, 0) is 44.4 Å². The van der Waals surface area contributed by atoms with Crippen molar-refractivity contribution in [3.05, 3.63) is 35.9 Å². The van der Waals surface area contributed by atoms with Gasteiger partial charge < -0.3 is 18.8 Å². The van der Waals surface area contributed by atoms with Crippen molar-refractivity contribution in [2.75, 3.05) is 13.1 Å². The van der Waals surface area contributed by atoms with Gasteiger partial charge in [0, 0.05) is 6.54 Å². The molecular formula is C17H20F3N3O5. The van der Waals surface area contributed by atoms with Gasteiger partial charge in [0.15, 0.2) is 5.82 Å². The van der Waals surface area contributed by atoms with Crippen LogP contribution in [-0.2, 0) is 16.1 Å². The molecule has 11 heteroatoms. The van der Waals surface area contributed by atoms with E-state index in [4.69, 9.17) is 23.6 Å². The Bertz CT molecular complexity index is 777. The Balaban J connectivity index is 0.000000279. The third-order valence-electron chi connectivity index (χ3n) is 4.66. The van der Waals surface area contributed by atoms with Crippen LogP contribution in [0.1, 0.15) is 36.4 Å². The molecule has 0 bridgehead atoms. The van der Waals surface area contributed by atoms with E-state index >= 15 is 0 Å². The van der Waals surface area contributed by atoms with E-state index in [1.54, 1.807) is 6.26 Å². The number of furan rings is 1. The van der Waals surface area contributed by atoms with E-state index < -0.39 is 12.1 Å². The number of aryl methyl sites for hydroxylation is 1. The number of aliphatic carboxylic acids is 1. The number of likely N-dealkylation sites (tertiary alicyclic amines) is 1. The van der Waals surface area contributed by atoms with Crippen molar-refractivity contribution in [2.45, 2.75) is 44.7 Å². The summed E-state index contributed by atoms with van der Waals surface area (Å²) in [6.45, 7) is 4.71. The van der Waals surface area contributed by atoms with E-state index in [1.807, 2.05) is 19.1 Å². The fourth-order valence-electron chi connectivity index (χ4n) is 3.36. The lowest BCUT2D eigenvalue weighted by Crippen LogP contribution is -2.41. The van der Waals surface area contributed by atoms with Crippen LogP contribution in [0, 0.1) is 12.8 Å². The van der Waals surface area contributed by atoms with Crippen LogP contribution in [-0.4, -0.2) is 51.5 Å². The van der Waals surface area contributed by atoms with Crippen LogP contribution in [0.15, 0.2) is 27.3 Å². The summed E-state index contributed by atoms with van der Waals surface area (Å²) >= 11 is 0. The number of hydrogen-bond donors (Lipinski definition) is 1. The van der Waals surface area contributed by atoms with Crippen molar-refractivity contribution in [1.82, 2.24) is 15.0 Å². The fourth-order valence-corrected chi connectivity index (χ4v) is 3.36. The van der Waals surface area contributed by atoms with Gasteiger partial charge in [-0.15, -0.1) is 0 Å². The molecule has 0 aliphatic carbocycles. The van der Waals surface area contributed by atoms with Gasteiger partial charge in [0.2, 0.25) is 0 Å². The third-order valence-corrected chi connectivity index (χ3v) is 4.66. The second-order valence-electron chi connectivity index (χ2n) is 6.74. The second kappa shape index (κ2) is 8.31. The number of aromatic nitrogens is 2. The van der Waals surface area contributed by atoms with Crippen molar-refractivity contribution in [3.8, 4) is 0 Å². The number of nitrogens with zero attached hydrogens (tertiary/aromatic N) is 3. The molecule has 0 unspecified atom stereocenters. The van der Waals surface area contributed by atoms with Crippen molar-refractivity contribution < 1.29 is 36.7 Å². The van der Waals surface area contributed by atoms with Gasteiger partial charge in [0.1, 0.15) is 11.9 Å². The highest BCUT2D eigenvalue weighted by Gasteiger charge is 2.41. The topological polar surface area (TPSA) is 102 Å². The Hall–Kier alpha value is -2.40. The second-order valence-corrected chi connectivity index (χ2v) is 6.74. The molecule has 0 spiro atoms. The first-order valence-corrected chi connectivity index (χ1v) is 8.73. The molecule has 0 radical (unpaired) electrons. The molecule has 154 valence electrons. The lowest BCUT2D eigenvalue weighted by molar-refractivity contribution is -0.192. The van der Waals surface area contributed by atoms with Crippen LogP contribution in [0.25, 0.3) is 0 Å². The zero-order valence-electron chi connectivity index (χ0n) is 15.1. The molecule has 2 aromatic heterocycles. The highest BCUT2D eigenvalue weighted by Crippen LogP contribution is 2.40. The standard InChI is InChI=1S/C15H19N3O3.C2HF3O2/c1-10-16-15(21-17-10)13-7-11-4-5-18(9-14(11)20-13)8-12-3-2-6-19-12;3-2(4,5)1(6)7/h2-3,6,11,13-14H,4-5,7-9H2,1H3;(H,6,7)/t11-,13+,14+;/m0./s1. The number of carboxylic acids is 1. The molecular weight excluding hydrogens is 383 g/mol. The summed E-state index contributed by atoms with van der Waals surface area (Å²) in [6.07, 6.45) is -1.01. The number of ether oxygens (including phenoxy) is 1. The zero-order valence-corrected chi connectivity index (χ0v) is 15.1. The molecule has 8 nitrogen and oxygen atoms in total. The van der Waals surface area contributed by atoms with Crippen molar-refractivity contribution in [3.63, 3.8) is 0 Å². The molecule has 2 aliphatic heterocycles. The number of carboxylic acid groups (broad SMARTS) is 1. The van der Waals surface area contributed by atoms with Crippen LogP contribution in [0.2, 0.25) is 0 Å². The summed E-state index contributed by atoms with van der Waals surface area (Å²) in [5, 5.41) is 11.0. The molecule has 2 aromatic rings. The summed E-state index contributed by atoms with van der Waals surface area (Å²) in [4.78, 5) is 15.6. The van der Waals surface area contributed by atoms with Crippen molar-refractivity contribution >= 4 is 5.97 Å². The fraction of sp³-hybridized carbons (Fsp3) is 0.588. The molecule has 2 saturated heterocycles. The molecule has 2 fully saturated rings. The van der Waals surface area contributed by atoms with Gasteiger partial charge >= 0.3 is 12.1 Å². The van der Waals surface area contributed by atoms with Crippen molar-refractivity contribution in [2.24, 2.45) is 5.92 Å². The van der Waals surface area contributed by atoms with Crippen LogP contribution in [0.4, 0.5) is 13.2 Å². The normalized spacial score (nSPS) is 25.1. The summed E-state index contributed by atoms with van der Waals surface area (Å²) in [6, 6.07) is 3.95. The van der Waals surface area contributed by atoms with Crippen LogP contribution in [0.5, 0.6) is 0 Å². The van der Waals surface area contributed by atoms with E-state index in [2.05, 4.69) is 15.0 Å². The number of fused-ring (bicyclic) bond motifs is 1. The lowest BCUT2D eigenvalue weighted by atomic mass is 9.92. The molecule has 0 aromatic carbocycles. The van der Waals surface area contributed by atoms with Gasteiger partial charge in [-0.3, -0.25) is 4.90 Å². The SMILES string of the molecule is Cc1noc([C@H]2C[C@@H]3CCN(Cc4ccco4)C[C@H]3O2)n1.O=C(O)C(F)(F)F. The molecule has 4 heterocycles. The number of halogens is 3. The Labute approximate surface area is 158 Å². The first-order chi connectivity index (χ1) is 13.2. The van der Waals surface area contributed by atoms with E-state index in [-0.39, 0.29) is 12.2 Å². The summed E-state index contributed by atoms with van der Waals surface area (Å²) in [5.41, 5.74) is 0. The minimum absolute atomic E-state index is 0.0373. The van der Waals surface area contributed by atoms with E-state index in [0.29, 0.717) is 17.6 Å². The summed E-state index contributed by atoms with van der Waals surface area (Å²) in [5.74, 6) is 0.139. The first kappa shape index (κ1) is 20.3. The van der Waals surface area contributed by atoms with E-state index in [0.717, 1.165) is 38.2 Å². The maximum absolute atomic E-state index is 10.6. The highest BCUT2D eigenvalue weighted by molar-refractivity contribution is 5.73. The number of piperidine rings is 1. The monoisotopic (exact) mass is 403 g/mol. The van der Waals surface area contributed by atoms with Gasteiger partial charge in [0.05, 0.1) is 18.9 Å². The number of carbonyl (C=O) groups is 1. The van der Waals surface area contributed by atoms with Gasteiger partial charge in [-0.25, -0.2) is 4.79 Å². The zero-order chi connectivity index (χ0) is 20.3. The maximum atomic E-state index is 10.6. The first-order valence-electron chi connectivity index (χ1n) is 8.73. The van der Waals surface area contributed by atoms with Crippen LogP contribution >= 0.6 is 0 Å². The number of alkyl halides is 3. The third kappa shape index (κ3) is 5.10. The molecule has 0 amide bonds. The Morgan fingerprint density at radius 1 is 1.43 bits per heavy atom. The molecule has 1 N–H and O–H groups in total. The maximum Gasteiger partial charge on any atom is 0.490 e. The van der Waals surface area contributed by atoms with Crippen molar-refractivity contribution in [1.29, 1.82) is 0 Å². The van der Waals surface area contributed by atoms with Gasteiger partial charge in [-0.1, -0.05) is 5.16 Å². The van der Waals surface area contributed by atoms with E-state index in [1.165, 1.54) is 0 Å². The average Bonchev–Trinajstić information content (AvgIpc) is 3.34. The highest BCUT2D eigenvalue weighted by atomic mass is 19.4. The summed E-state index contributed by atoms with van der Waals surface area (Å²) < 4.78 is 48.6. The average molecular weight is 403 g/mol. The largest absolute Gasteiger partial charge is 0.490 e. The summed E-state index contributed by atoms with van der Waals surface area (Å²) in [7, 11) is 0. The van der Waals surface area contributed by atoms with Crippen LogP contribution in [0.3, 0.4) is 0 Å². The predicted molar refractivity (Wildman–Crippen MR) is 87.0 cm³/mol. The number of rotatable bonds is 3. The minimum atomic E-state index is -5.08. The number of hydrogen-bond acceptors (Lipinski definition) is 7. The predicted octanol–water partition coefficient (Wildman–Crippen LogP) is 2.96.